The molecule has 2 unspecified atom stereocenters. The smallest absolute Gasteiger partial charge is 0.186 e. The third kappa shape index (κ3) is 2.37. The summed E-state index contributed by atoms with van der Waals surface area (Å²) in [6.07, 6.45) is 3.85. The number of likely N-dealkylation sites (N-methyl/N-ethyl adjacent to an activating group) is 1. The van der Waals surface area contributed by atoms with Crippen molar-refractivity contribution in [3.8, 4) is 0 Å². The SMILES string of the molecule is CN1C2CCC1CN(CC(=O)c1cccs1)CC2. The number of hydrogen-bond acceptors (Lipinski definition) is 4. The van der Waals surface area contributed by atoms with Crippen LogP contribution in [0.15, 0.2) is 17.5 Å². The van der Waals surface area contributed by atoms with Gasteiger partial charge in [-0.1, -0.05) is 6.07 Å². The molecular formula is C14H20N2OS. The van der Waals surface area contributed by atoms with Gasteiger partial charge >= 0.3 is 0 Å². The van der Waals surface area contributed by atoms with Gasteiger partial charge in [0.2, 0.25) is 0 Å². The van der Waals surface area contributed by atoms with E-state index in [2.05, 4.69) is 16.8 Å². The van der Waals surface area contributed by atoms with E-state index in [4.69, 9.17) is 0 Å². The number of thiophene rings is 1. The second-order valence-electron chi connectivity index (χ2n) is 5.47. The molecular weight excluding hydrogens is 244 g/mol. The van der Waals surface area contributed by atoms with E-state index in [1.807, 2.05) is 17.5 Å². The highest BCUT2D eigenvalue weighted by Gasteiger charge is 2.34. The summed E-state index contributed by atoms with van der Waals surface area (Å²) in [5.74, 6) is 0.283. The number of fused-ring (bicyclic) bond motifs is 2. The van der Waals surface area contributed by atoms with E-state index in [9.17, 15) is 4.79 Å². The van der Waals surface area contributed by atoms with Crippen molar-refractivity contribution >= 4 is 17.1 Å². The molecule has 2 saturated heterocycles. The van der Waals surface area contributed by atoms with Crippen LogP contribution in [0.3, 0.4) is 0 Å². The predicted molar refractivity (Wildman–Crippen MR) is 74.3 cm³/mol. The van der Waals surface area contributed by atoms with Gasteiger partial charge in [0.15, 0.2) is 5.78 Å². The van der Waals surface area contributed by atoms with Crippen LogP contribution in [-0.4, -0.2) is 54.3 Å². The van der Waals surface area contributed by atoms with Crippen LogP contribution >= 0.6 is 11.3 Å². The first-order valence-electron chi connectivity index (χ1n) is 6.75. The molecule has 3 heterocycles. The van der Waals surface area contributed by atoms with Gasteiger partial charge in [-0.2, -0.15) is 0 Å². The monoisotopic (exact) mass is 264 g/mol. The van der Waals surface area contributed by atoms with Crippen LogP contribution in [0.25, 0.3) is 0 Å². The average Bonchev–Trinajstić information content (AvgIpc) is 2.93. The maximum Gasteiger partial charge on any atom is 0.186 e. The van der Waals surface area contributed by atoms with Crippen molar-refractivity contribution in [2.24, 2.45) is 0 Å². The lowest BCUT2D eigenvalue weighted by atomic mass is 10.1. The van der Waals surface area contributed by atoms with Gasteiger partial charge in [0.25, 0.3) is 0 Å². The molecule has 1 aromatic rings. The number of hydrogen-bond donors (Lipinski definition) is 0. The Hall–Kier alpha value is -0.710. The molecule has 0 aliphatic carbocycles. The first-order chi connectivity index (χ1) is 8.74. The van der Waals surface area contributed by atoms with Crippen molar-refractivity contribution in [3.63, 3.8) is 0 Å². The van der Waals surface area contributed by atoms with Crippen LogP contribution in [0.1, 0.15) is 28.9 Å². The summed E-state index contributed by atoms with van der Waals surface area (Å²) in [5, 5.41) is 1.98. The van der Waals surface area contributed by atoms with Gasteiger partial charge in [0.1, 0.15) is 0 Å². The highest BCUT2D eigenvalue weighted by molar-refractivity contribution is 7.12. The van der Waals surface area contributed by atoms with Gasteiger partial charge in [-0.05, 0) is 37.8 Å². The first-order valence-corrected chi connectivity index (χ1v) is 7.63. The van der Waals surface area contributed by atoms with E-state index in [0.717, 1.165) is 24.0 Å². The fraction of sp³-hybridized carbons (Fsp3) is 0.643. The lowest BCUT2D eigenvalue weighted by Gasteiger charge is -2.24. The summed E-state index contributed by atoms with van der Waals surface area (Å²) in [4.78, 5) is 17.9. The first kappa shape index (κ1) is 12.3. The molecule has 98 valence electrons. The molecule has 0 saturated carbocycles. The van der Waals surface area contributed by atoms with Gasteiger partial charge in [0, 0.05) is 25.2 Å². The minimum Gasteiger partial charge on any atom is -0.299 e. The summed E-state index contributed by atoms with van der Waals surface area (Å²) >= 11 is 1.55. The number of rotatable bonds is 3. The molecule has 0 spiro atoms. The Bertz CT molecular complexity index is 417. The Labute approximate surface area is 112 Å². The second-order valence-corrected chi connectivity index (χ2v) is 6.42. The van der Waals surface area contributed by atoms with E-state index < -0.39 is 0 Å². The molecule has 2 aliphatic rings. The minimum absolute atomic E-state index is 0.283. The van der Waals surface area contributed by atoms with Gasteiger partial charge < -0.3 is 0 Å². The normalized spacial score (nSPS) is 29.4. The topological polar surface area (TPSA) is 23.6 Å². The van der Waals surface area contributed by atoms with Crippen LogP contribution in [0.4, 0.5) is 0 Å². The Morgan fingerprint density at radius 2 is 2.22 bits per heavy atom. The second kappa shape index (κ2) is 5.11. The molecule has 0 aromatic carbocycles. The number of likely N-dealkylation sites (tertiary alicyclic amines) is 1. The molecule has 2 fully saturated rings. The van der Waals surface area contributed by atoms with Crippen molar-refractivity contribution in [1.29, 1.82) is 0 Å². The van der Waals surface area contributed by atoms with Gasteiger partial charge in [0.05, 0.1) is 11.4 Å². The number of Topliss-reactive ketones (excluding diaryl/α,β-unsaturated/α-hetero) is 1. The molecule has 3 nitrogen and oxygen atoms in total. The molecule has 4 heteroatoms. The van der Waals surface area contributed by atoms with E-state index in [1.165, 1.54) is 19.3 Å². The zero-order chi connectivity index (χ0) is 12.5. The summed E-state index contributed by atoms with van der Waals surface area (Å²) in [6.45, 7) is 2.73. The van der Waals surface area contributed by atoms with Crippen LogP contribution in [0, 0.1) is 0 Å². The number of carbonyl (C=O) groups excluding carboxylic acids is 1. The quantitative estimate of drug-likeness (QED) is 0.781. The molecule has 0 radical (unpaired) electrons. The standard InChI is InChI=1S/C14H20N2OS/c1-15-11-4-5-12(15)9-16(7-6-11)10-13(17)14-3-2-8-18-14/h2-3,8,11-12H,4-7,9-10H2,1H3. The van der Waals surface area contributed by atoms with E-state index >= 15 is 0 Å². The zero-order valence-corrected chi connectivity index (χ0v) is 11.7. The molecule has 3 rings (SSSR count). The summed E-state index contributed by atoms with van der Waals surface area (Å²) < 4.78 is 0. The molecule has 1 aromatic heterocycles. The maximum atomic E-state index is 12.1. The Balaban J connectivity index is 1.62. The van der Waals surface area contributed by atoms with Gasteiger partial charge in [-0.3, -0.25) is 14.6 Å². The lowest BCUT2D eigenvalue weighted by Crippen LogP contribution is -2.38. The van der Waals surface area contributed by atoms with Crippen LogP contribution in [-0.2, 0) is 0 Å². The zero-order valence-electron chi connectivity index (χ0n) is 10.8. The van der Waals surface area contributed by atoms with Gasteiger partial charge in [-0.25, -0.2) is 0 Å². The van der Waals surface area contributed by atoms with Crippen molar-refractivity contribution < 1.29 is 4.79 Å². The van der Waals surface area contributed by atoms with E-state index in [1.54, 1.807) is 11.3 Å². The number of nitrogens with zero attached hydrogens (tertiary/aromatic N) is 2. The maximum absolute atomic E-state index is 12.1. The Kier molecular flexibility index (Phi) is 3.50. The number of carbonyl (C=O) groups is 1. The molecule has 18 heavy (non-hydrogen) atoms. The third-order valence-electron chi connectivity index (χ3n) is 4.40. The Morgan fingerprint density at radius 3 is 3.00 bits per heavy atom. The van der Waals surface area contributed by atoms with Crippen molar-refractivity contribution in [3.05, 3.63) is 22.4 Å². The molecule has 2 aliphatic heterocycles. The molecule has 0 N–H and O–H groups in total. The largest absolute Gasteiger partial charge is 0.299 e. The van der Waals surface area contributed by atoms with E-state index in [-0.39, 0.29) is 5.78 Å². The van der Waals surface area contributed by atoms with Gasteiger partial charge in [-0.15, -0.1) is 11.3 Å². The highest BCUT2D eigenvalue weighted by Crippen LogP contribution is 2.28. The average molecular weight is 264 g/mol. The Morgan fingerprint density at radius 1 is 1.39 bits per heavy atom. The van der Waals surface area contributed by atoms with Crippen LogP contribution in [0.2, 0.25) is 0 Å². The summed E-state index contributed by atoms with van der Waals surface area (Å²) in [7, 11) is 2.24. The van der Waals surface area contributed by atoms with Crippen molar-refractivity contribution in [2.75, 3.05) is 26.7 Å². The molecule has 2 bridgehead atoms. The highest BCUT2D eigenvalue weighted by atomic mass is 32.1. The van der Waals surface area contributed by atoms with Crippen LogP contribution in [0.5, 0.6) is 0 Å². The van der Waals surface area contributed by atoms with Crippen molar-refractivity contribution in [2.45, 2.75) is 31.3 Å². The fourth-order valence-electron chi connectivity index (χ4n) is 3.24. The lowest BCUT2D eigenvalue weighted by molar-refractivity contribution is 0.0927. The van der Waals surface area contributed by atoms with Crippen LogP contribution < -0.4 is 0 Å². The van der Waals surface area contributed by atoms with E-state index in [0.29, 0.717) is 12.6 Å². The minimum atomic E-state index is 0.283. The number of ketones is 1. The predicted octanol–water partition coefficient (Wildman–Crippen LogP) is 2.10. The third-order valence-corrected chi connectivity index (χ3v) is 5.31. The fourth-order valence-corrected chi connectivity index (χ4v) is 3.90. The summed E-state index contributed by atoms with van der Waals surface area (Å²) in [6, 6.07) is 5.30. The molecule has 2 atom stereocenters. The van der Waals surface area contributed by atoms with Crippen molar-refractivity contribution in [1.82, 2.24) is 9.80 Å². The summed E-state index contributed by atoms with van der Waals surface area (Å²) in [5.41, 5.74) is 0. The molecule has 0 amide bonds.